The molecule has 0 aromatic heterocycles. The summed E-state index contributed by atoms with van der Waals surface area (Å²) >= 11 is 4.73. The van der Waals surface area contributed by atoms with Gasteiger partial charge in [-0.15, -0.1) is 0 Å². The van der Waals surface area contributed by atoms with Crippen molar-refractivity contribution in [2.24, 2.45) is 5.73 Å². The van der Waals surface area contributed by atoms with Crippen molar-refractivity contribution in [1.82, 2.24) is 0 Å². The number of Topliss-reactive ketones (excluding diaryl/α,β-unsaturated/α-hetero) is 1. The van der Waals surface area contributed by atoms with Gasteiger partial charge in [0.25, 0.3) is 0 Å². The molecule has 4 heteroatoms. The zero-order chi connectivity index (χ0) is 12.6. The number of anilines is 1. The Kier molecular flexibility index (Phi) is 7.12. The Morgan fingerprint density at radius 2 is 1.94 bits per heavy atom. The molecule has 3 N–H and O–H groups in total. The lowest BCUT2D eigenvalue weighted by Gasteiger charge is -2.08. The van der Waals surface area contributed by atoms with Gasteiger partial charge in [0, 0.05) is 12.1 Å². The van der Waals surface area contributed by atoms with Gasteiger partial charge >= 0.3 is 0 Å². The standard InChI is InChI=1S/C10H12N2OS.C2H6/c1-7(13)6-8-4-2-3-5-9(8)12-10(11)14;1-2/h2-5H,6H2,1H3,(H3,11,12,14);1-2H3. The first kappa shape index (κ1) is 14.6. The van der Waals surface area contributed by atoms with Crippen molar-refractivity contribution >= 4 is 28.8 Å². The Morgan fingerprint density at radius 1 is 1.38 bits per heavy atom. The molecule has 1 aromatic carbocycles. The molecule has 1 aromatic rings. The second-order valence-corrected chi connectivity index (χ2v) is 3.47. The summed E-state index contributed by atoms with van der Waals surface area (Å²) in [6, 6.07) is 7.46. The van der Waals surface area contributed by atoms with E-state index in [0.717, 1.165) is 11.3 Å². The number of ketones is 1. The first-order valence-electron chi connectivity index (χ1n) is 5.23. The van der Waals surface area contributed by atoms with Gasteiger partial charge in [0.15, 0.2) is 5.11 Å². The Labute approximate surface area is 102 Å². The van der Waals surface area contributed by atoms with E-state index in [1.54, 1.807) is 6.92 Å². The second-order valence-electron chi connectivity index (χ2n) is 3.03. The van der Waals surface area contributed by atoms with Gasteiger partial charge in [-0.1, -0.05) is 32.0 Å². The Bertz CT molecular complexity index is 329. The van der Waals surface area contributed by atoms with Crippen molar-refractivity contribution in [2.75, 3.05) is 5.32 Å². The number of benzene rings is 1. The van der Waals surface area contributed by atoms with Crippen LogP contribution in [-0.4, -0.2) is 10.9 Å². The summed E-state index contributed by atoms with van der Waals surface area (Å²) in [5.74, 6) is 0.113. The molecule has 0 fully saturated rings. The molecule has 16 heavy (non-hydrogen) atoms. The van der Waals surface area contributed by atoms with E-state index in [1.165, 1.54) is 0 Å². The molecule has 0 aliphatic rings. The monoisotopic (exact) mass is 238 g/mol. The van der Waals surface area contributed by atoms with E-state index < -0.39 is 0 Å². The highest BCUT2D eigenvalue weighted by molar-refractivity contribution is 7.80. The average molecular weight is 238 g/mol. The van der Waals surface area contributed by atoms with Gasteiger partial charge in [-0.05, 0) is 30.8 Å². The molecule has 0 amide bonds. The van der Waals surface area contributed by atoms with E-state index in [1.807, 2.05) is 38.1 Å². The normalized spacial score (nSPS) is 8.69. The zero-order valence-electron chi connectivity index (χ0n) is 9.91. The van der Waals surface area contributed by atoms with Gasteiger partial charge in [0.1, 0.15) is 5.78 Å². The van der Waals surface area contributed by atoms with Crippen molar-refractivity contribution in [3.63, 3.8) is 0 Å². The third-order valence-corrected chi connectivity index (χ3v) is 1.82. The van der Waals surface area contributed by atoms with Crippen molar-refractivity contribution < 1.29 is 4.79 Å². The number of carbonyl (C=O) groups is 1. The van der Waals surface area contributed by atoms with Crippen LogP contribution in [0, 0.1) is 0 Å². The number of hydrogen-bond donors (Lipinski definition) is 2. The lowest BCUT2D eigenvalue weighted by molar-refractivity contribution is -0.116. The second kappa shape index (κ2) is 7.82. The molecule has 88 valence electrons. The summed E-state index contributed by atoms with van der Waals surface area (Å²) in [6.45, 7) is 5.55. The minimum Gasteiger partial charge on any atom is -0.376 e. The molecule has 0 saturated carbocycles. The fourth-order valence-corrected chi connectivity index (χ4v) is 1.31. The summed E-state index contributed by atoms with van der Waals surface area (Å²) in [5, 5.41) is 3.05. The molecule has 3 nitrogen and oxygen atoms in total. The maximum absolute atomic E-state index is 11.0. The topological polar surface area (TPSA) is 55.1 Å². The molecule has 0 aliphatic carbocycles. The predicted octanol–water partition coefficient (Wildman–Crippen LogP) is 2.50. The maximum atomic E-state index is 11.0. The third-order valence-electron chi connectivity index (χ3n) is 1.71. The van der Waals surface area contributed by atoms with E-state index in [2.05, 4.69) is 5.32 Å². The van der Waals surface area contributed by atoms with Gasteiger partial charge in [0.05, 0.1) is 0 Å². The van der Waals surface area contributed by atoms with Crippen LogP contribution < -0.4 is 11.1 Å². The van der Waals surface area contributed by atoms with Crippen LogP contribution in [0.4, 0.5) is 5.69 Å². The molecule has 0 aliphatic heterocycles. The predicted molar refractivity (Wildman–Crippen MR) is 72.6 cm³/mol. The summed E-state index contributed by atoms with van der Waals surface area (Å²) < 4.78 is 0. The molecular formula is C12H18N2OS. The smallest absolute Gasteiger partial charge is 0.168 e. The van der Waals surface area contributed by atoms with Crippen LogP contribution in [0.25, 0.3) is 0 Å². The average Bonchev–Trinajstić information content (AvgIpc) is 2.22. The molecule has 0 heterocycles. The summed E-state index contributed by atoms with van der Waals surface area (Å²) in [7, 11) is 0. The van der Waals surface area contributed by atoms with E-state index in [9.17, 15) is 4.79 Å². The van der Waals surface area contributed by atoms with Crippen LogP contribution in [0.1, 0.15) is 26.3 Å². The Balaban J connectivity index is 0.00000106. The van der Waals surface area contributed by atoms with Gasteiger partial charge in [0.2, 0.25) is 0 Å². The van der Waals surface area contributed by atoms with E-state index in [0.29, 0.717) is 6.42 Å². The molecular weight excluding hydrogens is 220 g/mol. The van der Waals surface area contributed by atoms with Crippen molar-refractivity contribution in [3.05, 3.63) is 29.8 Å². The summed E-state index contributed by atoms with van der Waals surface area (Å²) in [5.41, 5.74) is 7.07. The molecule has 0 spiro atoms. The highest BCUT2D eigenvalue weighted by Gasteiger charge is 2.03. The first-order chi connectivity index (χ1) is 7.59. The van der Waals surface area contributed by atoms with E-state index >= 15 is 0 Å². The molecule has 0 atom stereocenters. The summed E-state index contributed by atoms with van der Waals surface area (Å²) in [6.07, 6.45) is 0.395. The first-order valence-corrected chi connectivity index (χ1v) is 5.64. The van der Waals surface area contributed by atoms with Gasteiger partial charge in [-0.2, -0.15) is 0 Å². The number of carbonyl (C=O) groups excluding carboxylic acids is 1. The lowest BCUT2D eigenvalue weighted by Crippen LogP contribution is -2.20. The maximum Gasteiger partial charge on any atom is 0.168 e. The van der Waals surface area contributed by atoms with Crippen LogP contribution in [0.5, 0.6) is 0 Å². The third kappa shape index (κ3) is 5.46. The largest absolute Gasteiger partial charge is 0.376 e. The van der Waals surface area contributed by atoms with Crippen molar-refractivity contribution in [2.45, 2.75) is 27.2 Å². The van der Waals surface area contributed by atoms with Gasteiger partial charge < -0.3 is 11.1 Å². The minimum atomic E-state index is 0.113. The lowest BCUT2D eigenvalue weighted by atomic mass is 10.1. The Morgan fingerprint density at radius 3 is 2.44 bits per heavy atom. The quantitative estimate of drug-likeness (QED) is 0.794. The Hall–Kier alpha value is -1.42. The highest BCUT2D eigenvalue weighted by atomic mass is 32.1. The molecule has 0 radical (unpaired) electrons. The number of para-hydroxylation sites is 1. The van der Waals surface area contributed by atoms with E-state index in [-0.39, 0.29) is 10.9 Å². The van der Waals surface area contributed by atoms with Gasteiger partial charge in [-0.25, -0.2) is 0 Å². The molecule has 0 saturated heterocycles. The van der Waals surface area contributed by atoms with Crippen LogP contribution in [0.2, 0.25) is 0 Å². The zero-order valence-corrected chi connectivity index (χ0v) is 10.7. The highest BCUT2D eigenvalue weighted by Crippen LogP contribution is 2.15. The SMILES string of the molecule is CC.CC(=O)Cc1ccccc1NC(N)=S. The van der Waals surface area contributed by atoms with Crippen LogP contribution in [0.3, 0.4) is 0 Å². The number of nitrogens with two attached hydrogens (primary N) is 1. The summed E-state index contributed by atoms with van der Waals surface area (Å²) in [4.78, 5) is 11.0. The number of nitrogens with one attached hydrogen (secondary N) is 1. The number of thiocarbonyl (C=S) groups is 1. The molecule has 0 bridgehead atoms. The van der Waals surface area contributed by atoms with Crippen molar-refractivity contribution in [3.8, 4) is 0 Å². The fraction of sp³-hybridized carbons (Fsp3) is 0.333. The molecule has 0 unspecified atom stereocenters. The van der Waals surface area contributed by atoms with Crippen molar-refractivity contribution in [1.29, 1.82) is 0 Å². The van der Waals surface area contributed by atoms with E-state index in [4.69, 9.17) is 18.0 Å². The van der Waals surface area contributed by atoms with Crippen LogP contribution in [-0.2, 0) is 11.2 Å². The fourth-order valence-electron chi connectivity index (χ4n) is 1.20. The number of hydrogen-bond acceptors (Lipinski definition) is 2. The molecule has 1 rings (SSSR count). The van der Waals surface area contributed by atoms with Gasteiger partial charge in [-0.3, -0.25) is 4.79 Å². The number of rotatable bonds is 3. The van der Waals surface area contributed by atoms with Crippen LogP contribution in [0.15, 0.2) is 24.3 Å². The van der Waals surface area contributed by atoms with Crippen LogP contribution >= 0.6 is 12.2 Å². The minimum absolute atomic E-state index is 0.113.